The third kappa shape index (κ3) is 4.23. The quantitative estimate of drug-likeness (QED) is 0.414. The number of imide groups is 1. The van der Waals surface area contributed by atoms with Gasteiger partial charge in [0.1, 0.15) is 11.5 Å². The number of hydrogen-bond donors (Lipinski definition) is 2. The molecular weight excluding hydrogens is 579 g/mol. The molecule has 3 aromatic rings. The molecule has 4 aliphatic rings. The first-order chi connectivity index (χ1) is 21.0. The Labute approximate surface area is 249 Å². The molecule has 3 fully saturated rings. The number of nitrogens with one attached hydrogen (secondary N) is 1. The second kappa shape index (κ2) is 9.88. The van der Waals surface area contributed by atoms with Gasteiger partial charge in [-0.15, -0.1) is 0 Å². The first kappa shape index (κ1) is 28.5. The minimum Gasteiger partial charge on any atom is -0.394 e. The summed E-state index contributed by atoms with van der Waals surface area (Å²) in [5.74, 6) is -2.01. The number of carbonyl (C=O) groups excluding carboxylic acids is 4. The lowest BCUT2D eigenvalue weighted by atomic mass is 9.87. The number of rotatable bonds is 6. The highest BCUT2D eigenvalue weighted by Crippen LogP contribution is 2.59. The number of aliphatic hydroxyl groups is 1. The second-order valence-corrected chi connectivity index (χ2v) is 12.3. The maximum Gasteiger partial charge on any atom is 0.403 e. The van der Waals surface area contributed by atoms with E-state index in [9.17, 15) is 37.5 Å². The van der Waals surface area contributed by atoms with Crippen LogP contribution in [0.25, 0.3) is 10.8 Å². The van der Waals surface area contributed by atoms with Crippen molar-refractivity contribution >= 4 is 40.1 Å². The molecule has 1 saturated carbocycles. The molecule has 2 aromatic carbocycles. The van der Waals surface area contributed by atoms with Crippen LogP contribution in [0.4, 0.5) is 18.9 Å². The van der Waals surface area contributed by atoms with Crippen molar-refractivity contribution in [2.75, 3.05) is 24.6 Å². The fourth-order valence-corrected chi connectivity index (χ4v) is 7.02. The molecule has 10 nitrogen and oxygen atoms in total. The van der Waals surface area contributed by atoms with Gasteiger partial charge in [0.15, 0.2) is 0 Å². The van der Waals surface area contributed by atoms with Crippen molar-refractivity contribution in [3.8, 4) is 0 Å². The summed E-state index contributed by atoms with van der Waals surface area (Å²) in [5, 5.41) is 18.8. The molecule has 4 amide bonds. The monoisotopic (exact) mass is 609 g/mol. The first-order valence-electron chi connectivity index (χ1n) is 14.7. The number of aromatic nitrogens is 2. The summed E-state index contributed by atoms with van der Waals surface area (Å²) in [6.07, 6.45) is -0.0443. The SMILES string of the molecule is O=C1CCC(N2C(=O)c3cccc4c(Cc5cnn(C6(CO)CCN(C(=O)C7(C(F)(F)F)CC7)CC6)c5)ccc2c34)C(=O)N1. The fraction of sp³-hybridized carbons (Fsp3) is 0.452. The summed E-state index contributed by atoms with van der Waals surface area (Å²) in [6, 6.07) is 8.37. The number of likely N-dealkylation sites (tertiary alicyclic amines) is 1. The fourth-order valence-electron chi connectivity index (χ4n) is 7.02. The smallest absolute Gasteiger partial charge is 0.394 e. The predicted octanol–water partition coefficient (Wildman–Crippen LogP) is 3.05. The minimum atomic E-state index is -4.56. The summed E-state index contributed by atoms with van der Waals surface area (Å²) < 4.78 is 42.2. The minimum absolute atomic E-state index is 0.0962. The van der Waals surface area contributed by atoms with Crippen LogP contribution in [0.5, 0.6) is 0 Å². The highest BCUT2D eigenvalue weighted by Gasteiger charge is 2.69. The Morgan fingerprint density at radius 2 is 1.82 bits per heavy atom. The van der Waals surface area contributed by atoms with Gasteiger partial charge in [0.05, 0.1) is 24.0 Å². The third-order valence-electron chi connectivity index (χ3n) is 9.83. The number of amides is 4. The second-order valence-electron chi connectivity index (χ2n) is 12.3. The summed E-state index contributed by atoms with van der Waals surface area (Å²) >= 11 is 0. The largest absolute Gasteiger partial charge is 0.403 e. The van der Waals surface area contributed by atoms with Crippen LogP contribution < -0.4 is 10.2 Å². The maximum absolute atomic E-state index is 13.5. The molecule has 13 heteroatoms. The molecule has 2 saturated heterocycles. The molecular formula is C31H30F3N5O5. The molecule has 1 aromatic heterocycles. The van der Waals surface area contributed by atoms with Gasteiger partial charge >= 0.3 is 6.18 Å². The Bertz CT molecular complexity index is 1720. The lowest BCUT2D eigenvalue weighted by molar-refractivity contribution is -0.199. The van der Waals surface area contributed by atoms with E-state index in [2.05, 4.69) is 10.4 Å². The molecule has 3 aliphatic heterocycles. The molecule has 0 spiro atoms. The Morgan fingerprint density at radius 1 is 1.07 bits per heavy atom. The van der Waals surface area contributed by atoms with E-state index in [-0.39, 0.29) is 70.0 Å². The molecule has 4 heterocycles. The standard InChI is InChI=1S/C31H30F3N5O5/c32-31(33,34)30(8-9-30)28(44)37-12-10-29(17-40,11-13-37)38-16-18(15-35-38)14-19-4-5-22-25-20(19)2-1-3-21(25)27(43)39(22)23-6-7-24(41)36-26(23)42/h1-5,15-16,23,40H,6-14,17H2,(H,36,41,42). The summed E-state index contributed by atoms with van der Waals surface area (Å²) in [4.78, 5) is 53.2. The van der Waals surface area contributed by atoms with Crippen LogP contribution in [0.2, 0.25) is 0 Å². The van der Waals surface area contributed by atoms with Crippen LogP contribution >= 0.6 is 0 Å². The van der Waals surface area contributed by atoms with Crippen LogP contribution in [0.15, 0.2) is 42.7 Å². The normalized spacial score (nSPS) is 22.5. The van der Waals surface area contributed by atoms with Crippen LogP contribution in [0.1, 0.15) is 60.0 Å². The molecule has 7 rings (SSSR count). The van der Waals surface area contributed by atoms with E-state index < -0.39 is 35.0 Å². The van der Waals surface area contributed by atoms with Gasteiger partial charge in [0.2, 0.25) is 17.7 Å². The van der Waals surface area contributed by atoms with Gasteiger partial charge in [0.25, 0.3) is 5.91 Å². The Balaban J connectivity index is 1.11. The third-order valence-corrected chi connectivity index (χ3v) is 9.83. The van der Waals surface area contributed by atoms with Gasteiger partial charge in [-0.05, 0) is 60.7 Å². The summed E-state index contributed by atoms with van der Waals surface area (Å²) in [7, 11) is 0. The summed E-state index contributed by atoms with van der Waals surface area (Å²) in [5.41, 5.74) is -0.247. The summed E-state index contributed by atoms with van der Waals surface area (Å²) in [6.45, 7) is -0.0855. The van der Waals surface area contributed by atoms with Gasteiger partial charge in [-0.25, -0.2) is 0 Å². The first-order valence-corrected chi connectivity index (χ1v) is 14.7. The lowest BCUT2D eigenvalue weighted by Gasteiger charge is -2.42. The molecule has 230 valence electrons. The van der Waals surface area contributed by atoms with E-state index in [0.29, 0.717) is 17.7 Å². The van der Waals surface area contributed by atoms with Crippen molar-refractivity contribution in [3.63, 3.8) is 0 Å². The number of piperidine rings is 2. The van der Waals surface area contributed by atoms with Crippen molar-refractivity contribution in [1.29, 1.82) is 0 Å². The van der Waals surface area contributed by atoms with Crippen LogP contribution in [0, 0.1) is 5.41 Å². The van der Waals surface area contributed by atoms with E-state index in [4.69, 9.17) is 0 Å². The molecule has 1 aliphatic carbocycles. The predicted molar refractivity (Wildman–Crippen MR) is 151 cm³/mol. The average Bonchev–Trinajstić information content (AvgIpc) is 3.63. The van der Waals surface area contributed by atoms with E-state index in [1.807, 2.05) is 24.4 Å². The van der Waals surface area contributed by atoms with Crippen LogP contribution in [0.3, 0.4) is 0 Å². The van der Waals surface area contributed by atoms with Gasteiger partial charge in [0, 0.05) is 43.1 Å². The maximum atomic E-state index is 13.5. The molecule has 1 unspecified atom stereocenters. The van der Waals surface area contributed by atoms with Crippen molar-refractivity contribution in [3.05, 3.63) is 59.4 Å². The number of aliphatic hydroxyl groups excluding tert-OH is 1. The number of benzene rings is 2. The van der Waals surface area contributed by atoms with Crippen molar-refractivity contribution in [1.82, 2.24) is 20.0 Å². The zero-order valence-corrected chi connectivity index (χ0v) is 23.7. The van der Waals surface area contributed by atoms with E-state index in [0.717, 1.165) is 21.9 Å². The van der Waals surface area contributed by atoms with E-state index in [1.165, 1.54) is 9.80 Å². The number of hydrogen-bond acceptors (Lipinski definition) is 6. The highest BCUT2D eigenvalue weighted by molar-refractivity contribution is 6.27. The average molecular weight is 610 g/mol. The van der Waals surface area contributed by atoms with Gasteiger partial charge in [-0.2, -0.15) is 18.3 Å². The van der Waals surface area contributed by atoms with Crippen molar-refractivity contribution in [2.45, 2.75) is 62.7 Å². The zero-order chi connectivity index (χ0) is 31.0. The number of carbonyl (C=O) groups is 4. The lowest BCUT2D eigenvalue weighted by Crippen LogP contribution is -2.53. The number of nitrogens with zero attached hydrogens (tertiary/aromatic N) is 4. The molecule has 2 N–H and O–H groups in total. The van der Waals surface area contributed by atoms with Crippen LogP contribution in [-0.2, 0) is 26.3 Å². The van der Waals surface area contributed by atoms with Crippen molar-refractivity contribution < 1.29 is 37.5 Å². The van der Waals surface area contributed by atoms with Crippen LogP contribution in [-0.4, -0.2) is 75.3 Å². The van der Waals surface area contributed by atoms with E-state index in [1.54, 1.807) is 23.0 Å². The zero-order valence-electron chi connectivity index (χ0n) is 23.7. The Morgan fingerprint density at radius 3 is 2.48 bits per heavy atom. The number of alkyl halides is 3. The topological polar surface area (TPSA) is 125 Å². The molecule has 1 atom stereocenters. The number of anilines is 1. The van der Waals surface area contributed by atoms with Crippen molar-refractivity contribution in [2.24, 2.45) is 5.41 Å². The molecule has 0 radical (unpaired) electrons. The Kier molecular flexibility index (Phi) is 6.40. The van der Waals surface area contributed by atoms with E-state index >= 15 is 0 Å². The highest BCUT2D eigenvalue weighted by atomic mass is 19.4. The Hall–Kier alpha value is -4.26. The molecule has 0 bridgehead atoms. The number of halogens is 3. The van der Waals surface area contributed by atoms with Gasteiger partial charge in [-0.1, -0.05) is 18.2 Å². The van der Waals surface area contributed by atoms with Gasteiger partial charge in [-0.3, -0.25) is 34.1 Å². The molecule has 44 heavy (non-hydrogen) atoms. The van der Waals surface area contributed by atoms with Gasteiger partial charge < -0.3 is 10.0 Å².